The predicted molar refractivity (Wildman–Crippen MR) is 143 cm³/mol. The first-order chi connectivity index (χ1) is 18.5. The second kappa shape index (κ2) is 12.1. The van der Waals surface area contributed by atoms with Gasteiger partial charge in [-0.1, -0.05) is 18.2 Å². The van der Waals surface area contributed by atoms with Crippen LogP contribution in [0.1, 0.15) is 71.3 Å². The number of rotatable bonds is 8. The number of para-hydroxylation sites is 1. The van der Waals surface area contributed by atoms with E-state index in [9.17, 15) is 19.5 Å². The number of aliphatic carboxylic acids is 1. The summed E-state index contributed by atoms with van der Waals surface area (Å²) in [6, 6.07) is 7.45. The van der Waals surface area contributed by atoms with Crippen molar-refractivity contribution in [2.75, 3.05) is 33.0 Å². The van der Waals surface area contributed by atoms with Crippen molar-refractivity contribution in [3.05, 3.63) is 29.8 Å². The maximum atomic E-state index is 13.0. The Hall–Kier alpha value is -2.85. The maximum absolute atomic E-state index is 13.0. The highest BCUT2D eigenvalue weighted by Crippen LogP contribution is 2.39. The number of morpholine rings is 1. The van der Waals surface area contributed by atoms with Crippen molar-refractivity contribution in [3.63, 3.8) is 0 Å². The fourth-order valence-corrected chi connectivity index (χ4v) is 5.72. The van der Waals surface area contributed by atoms with E-state index < -0.39 is 29.1 Å². The van der Waals surface area contributed by atoms with Crippen molar-refractivity contribution in [1.29, 1.82) is 0 Å². The molecule has 1 saturated carbocycles. The van der Waals surface area contributed by atoms with E-state index in [1.807, 2.05) is 39.0 Å². The number of nitrogens with one attached hydrogen (secondary N) is 1. The zero-order chi connectivity index (χ0) is 28.2. The highest BCUT2D eigenvalue weighted by molar-refractivity contribution is 5.79. The van der Waals surface area contributed by atoms with E-state index in [1.54, 1.807) is 11.8 Å². The average Bonchev–Trinajstić information content (AvgIpc) is 3.22. The van der Waals surface area contributed by atoms with E-state index >= 15 is 0 Å². The molecule has 2 aliphatic heterocycles. The number of ether oxygens (including phenoxy) is 4. The lowest BCUT2D eigenvalue weighted by Gasteiger charge is -2.41. The van der Waals surface area contributed by atoms with Crippen molar-refractivity contribution in [2.24, 2.45) is 5.92 Å². The standard InChI is InChI=1S/C29H42N2O8/c1-19(26(33)34)15-38-23-8-6-5-7-22(23)20-9-11-21(12-10-20)37-16-24-29(18-36-17-25(32)30-29)13-14-31(24)27(35)39-28(2,3)4/h5-8,19-21,24H,9-18H2,1-4H3,(H,30,32)(H,33,34). The topological polar surface area (TPSA) is 124 Å². The molecule has 10 nitrogen and oxygen atoms in total. The molecule has 0 radical (unpaired) electrons. The van der Waals surface area contributed by atoms with Gasteiger partial charge in [0, 0.05) is 6.54 Å². The summed E-state index contributed by atoms with van der Waals surface area (Å²) in [6.45, 7) is 8.36. The van der Waals surface area contributed by atoms with Crippen LogP contribution in [-0.4, -0.2) is 84.2 Å². The van der Waals surface area contributed by atoms with E-state index in [0.29, 0.717) is 25.5 Å². The van der Waals surface area contributed by atoms with Gasteiger partial charge in [0.2, 0.25) is 5.91 Å². The molecule has 1 aromatic carbocycles. The summed E-state index contributed by atoms with van der Waals surface area (Å²) in [6.07, 6.45) is 3.70. The van der Waals surface area contributed by atoms with Crippen molar-refractivity contribution in [3.8, 4) is 5.75 Å². The number of carboxylic acids is 1. The normalized spacial score (nSPS) is 28.2. The highest BCUT2D eigenvalue weighted by Gasteiger charge is 2.53. The van der Waals surface area contributed by atoms with E-state index in [1.165, 1.54) is 0 Å². The van der Waals surface area contributed by atoms with Gasteiger partial charge in [-0.3, -0.25) is 9.59 Å². The lowest BCUT2D eigenvalue weighted by Crippen LogP contribution is -2.65. The summed E-state index contributed by atoms with van der Waals surface area (Å²) in [5.41, 5.74) is -0.219. The Bertz CT molecular complexity index is 1030. The fourth-order valence-electron chi connectivity index (χ4n) is 5.72. The molecule has 216 valence electrons. The highest BCUT2D eigenvalue weighted by atomic mass is 16.6. The molecule has 1 aliphatic carbocycles. The number of hydrogen-bond acceptors (Lipinski definition) is 7. The number of nitrogens with zero attached hydrogens (tertiary/aromatic N) is 1. The third kappa shape index (κ3) is 7.22. The van der Waals surface area contributed by atoms with Gasteiger partial charge in [-0.15, -0.1) is 0 Å². The van der Waals surface area contributed by atoms with Gasteiger partial charge in [-0.25, -0.2) is 4.79 Å². The molecular formula is C29H42N2O8. The lowest BCUT2D eigenvalue weighted by molar-refractivity contribution is -0.142. The molecule has 0 aromatic heterocycles. The number of carboxylic acid groups (broad SMARTS) is 1. The maximum Gasteiger partial charge on any atom is 0.410 e. The average molecular weight is 547 g/mol. The van der Waals surface area contributed by atoms with Crippen molar-refractivity contribution in [1.82, 2.24) is 10.2 Å². The lowest BCUT2D eigenvalue weighted by atomic mass is 9.82. The molecule has 2 amide bonds. The molecule has 39 heavy (non-hydrogen) atoms. The quantitative estimate of drug-likeness (QED) is 0.506. The van der Waals surface area contributed by atoms with Crippen LogP contribution in [0.5, 0.6) is 5.75 Å². The number of benzene rings is 1. The summed E-state index contributed by atoms with van der Waals surface area (Å²) >= 11 is 0. The van der Waals surface area contributed by atoms with Crippen LogP contribution < -0.4 is 10.1 Å². The largest absolute Gasteiger partial charge is 0.492 e. The first-order valence-electron chi connectivity index (χ1n) is 13.9. The van der Waals surface area contributed by atoms with Gasteiger partial charge in [0.15, 0.2) is 0 Å². The number of likely N-dealkylation sites (tertiary alicyclic amines) is 1. The third-order valence-electron chi connectivity index (χ3n) is 7.86. The first kappa shape index (κ1) is 29.1. The molecule has 10 heteroatoms. The summed E-state index contributed by atoms with van der Waals surface area (Å²) in [7, 11) is 0. The van der Waals surface area contributed by atoms with Gasteiger partial charge in [-0.05, 0) is 77.3 Å². The Balaban J connectivity index is 1.37. The molecule has 3 aliphatic rings. The van der Waals surface area contributed by atoms with Crippen LogP contribution in [0, 0.1) is 5.92 Å². The Kier molecular flexibility index (Phi) is 9.06. The zero-order valence-corrected chi connectivity index (χ0v) is 23.4. The van der Waals surface area contributed by atoms with Gasteiger partial charge in [0.05, 0.1) is 36.8 Å². The summed E-state index contributed by atoms with van der Waals surface area (Å²) in [5, 5.41) is 12.3. The molecule has 2 saturated heterocycles. The molecule has 2 heterocycles. The molecular weight excluding hydrogens is 504 g/mol. The number of carbonyl (C=O) groups is 3. The Morgan fingerprint density at radius 2 is 1.92 bits per heavy atom. The molecule has 2 N–H and O–H groups in total. The van der Waals surface area contributed by atoms with E-state index in [4.69, 9.17) is 18.9 Å². The van der Waals surface area contributed by atoms with Gasteiger partial charge >= 0.3 is 12.1 Å². The first-order valence-corrected chi connectivity index (χ1v) is 13.9. The second-order valence-corrected chi connectivity index (χ2v) is 12.0. The van der Waals surface area contributed by atoms with Crippen LogP contribution in [0.3, 0.4) is 0 Å². The second-order valence-electron chi connectivity index (χ2n) is 12.0. The van der Waals surface area contributed by atoms with Crippen molar-refractivity contribution >= 4 is 18.0 Å². The fraction of sp³-hybridized carbons (Fsp3) is 0.690. The molecule has 4 rings (SSSR count). The van der Waals surface area contributed by atoms with E-state index in [2.05, 4.69) is 11.4 Å². The van der Waals surface area contributed by atoms with Crippen LogP contribution in [0.2, 0.25) is 0 Å². The molecule has 1 aromatic rings. The third-order valence-corrected chi connectivity index (χ3v) is 7.86. The minimum atomic E-state index is -0.876. The van der Waals surface area contributed by atoms with Crippen LogP contribution in [0.15, 0.2) is 24.3 Å². The minimum Gasteiger partial charge on any atom is -0.492 e. The zero-order valence-electron chi connectivity index (χ0n) is 23.4. The van der Waals surface area contributed by atoms with Gasteiger partial charge in [-0.2, -0.15) is 0 Å². The number of amides is 2. The smallest absolute Gasteiger partial charge is 0.410 e. The SMILES string of the molecule is CC(COc1ccccc1C1CCC(OCC2N(C(=O)OC(C)(C)C)CCC23COCC(=O)N3)CC1)C(=O)O. The van der Waals surface area contributed by atoms with E-state index in [-0.39, 0.29) is 37.9 Å². The Morgan fingerprint density at radius 3 is 2.59 bits per heavy atom. The molecule has 0 bridgehead atoms. The Labute approximate surface area is 230 Å². The Morgan fingerprint density at radius 1 is 1.21 bits per heavy atom. The van der Waals surface area contributed by atoms with Crippen LogP contribution >= 0.6 is 0 Å². The molecule has 1 spiro atoms. The summed E-state index contributed by atoms with van der Waals surface area (Å²) < 4.78 is 23.6. The number of hydrogen-bond donors (Lipinski definition) is 2. The van der Waals surface area contributed by atoms with Gasteiger partial charge in [0.25, 0.3) is 0 Å². The van der Waals surface area contributed by atoms with Crippen LogP contribution in [-0.2, 0) is 23.8 Å². The van der Waals surface area contributed by atoms with Crippen LogP contribution in [0.25, 0.3) is 0 Å². The number of carbonyl (C=O) groups excluding carboxylic acids is 2. The molecule has 3 fully saturated rings. The minimum absolute atomic E-state index is 0.0200. The summed E-state index contributed by atoms with van der Waals surface area (Å²) in [5.74, 6) is -0.608. The van der Waals surface area contributed by atoms with E-state index in [0.717, 1.165) is 37.0 Å². The predicted octanol–water partition coefficient (Wildman–Crippen LogP) is 3.72. The monoisotopic (exact) mass is 546 g/mol. The van der Waals surface area contributed by atoms with Crippen molar-refractivity contribution < 1.29 is 38.4 Å². The molecule has 3 unspecified atom stereocenters. The van der Waals surface area contributed by atoms with Gasteiger partial charge in [0.1, 0.15) is 24.6 Å². The van der Waals surface area contributed by atoms with Crippen LogP contribution in [0.4, 0.5) is 4.79 Å². The molecule has 3 atom stereocenters. The van der Waals surface area contributed by atoms with Crippen molar-refractivity contribution in [2.45, 2.75) is 89.0 Å². The van der Waals surface area contributed by atoms with Gasteiger partial charge < -0.3 is 34.3 Å². The summed E-state index contributed by atoms with van der Waals surface area (Å²) in [4.78, 5) is 38.2.